The van der Waals surface area contributed by atoms with Gasteiger partial charge >= 0.3 is 0 Å². The van der Waals surface area contributed by atoms with Gasteiger partial charge in [-0.2, -0.15) is 0 Å². The van der Waals surface area contributed by atoms with Crippen molar-refractivity contribution in [3.05, 3.63) is 36.4 Å². The molecule has 0 fully saturated rings. The predicted molar refractivity (Wildman–Crippen MR) is 83.1 cm³/mol. The van der Waals surface area contributed by atoms with Gasteiger partial charge in [-0.3, -0.25) is 4.79 Å². The van der Waals surface area contributed by atoms with Crippen LogP contribution in [0, 0.1) is 0 Å². The summed E-state index contributed by atoms with van der Waals surface area (Å²) < 4.78 is 18.3. The normalized spacial score (nSPS) is 14.2. The number of carbonyl (C=O) groups excluding carboxylic acids is 1. The minimum absolute atomic E-state index is 0.0455. The molecule has 0 bridgehead atoms. The molecule has 0 unspecified atom stereocenters. The highest BCUT2D eigenvalue weighted by atomic mass is 16.6. The molecule has 0 spiro atoms. The first-order chi connectivity index (χ1) is 11.2. The van der Waals surface area contributed by atoms with Crippen molar-refractivity contribution in [2.75, 3.05) is 20.3 Å². The summed E-state index contributed by atoms with van der Waals surface area (Å²) in [6, 6.07) is 3.29. The Hall–Kier alpha value is -2.70. The monoisotopic (exact) mass is 317 g/mol. The van der Waals surface area contributed by atoms with Crippen molar-refractivity contribution < 1.29 is 19.0 Å². The fourth-order valence-electron chi connectivity index (χ4n) is 2.47. The number of ether oxygens (including phenoxy) is 3. The van der Waals surface area contributed by atoms with E-state index in [1.807, 2.05) is 17.7 Å². The SMILES string of the molecule is COc1cc(C(=O)N[C@H](C)Cn2ccnc2)cc2c1OCCO2. The van der Waals surface area contributed by atoms with Crippen molar-refractivity contribution >= 4 is 5.91 Å². The number of amides is 1. The van der Waals surface area contributed by atoms with Gasteiger partial charge in [0.1, 0.15) is 13.2 Å². The standard InChI is InChI=1S/C16H19N3O4/c1-11(9-19-4-3-17-10-19)18-16(20)12-7-13(21-2)15-14(8-12)22-5-6-23-15/h3-4,7-8,10-11H,5-6,9H2,1-2H3,(H,18,20)/t11-/m1/s1. The van der Waals surface area contributed by atoms with E-state index in [4.69, 9.17) is 14.2 Å². The lowest BCUT2D eigenvalue weighted by atomic mass is 10.1. The van der Waals surface area contributed by atoms with Crippen LogP contribution in [-0.4, -0.2) is 41.8 Å². The van der Waals surface area contributed by atoms with Crippen LogP contribution in [0.3, 0.4) is 0 Å². The Morgan fingerprint density at radius 2 is 2.26 bits per heavy atom. The summed E-state index contributed by atoms with van der Waals surface area (Å²) in [5.74, 6) is 1.38. The summed E-state index contributed by atoms with van der Waals surface area (Å²) in [5, 5.41) is 2.95. The largest absolute Gasteiger partial charge is 0.493 e. The molecule has 1 amide bonds. The number of imidazole rings is 1. The Morgan fingerprint density at radius 1 is 1.43 bits per heavy atom. The van der Waals surface area contributed by atoms with E-state index in [-0.39, 0.29) is 11.9 Å². The smallest absolute Gasteiger partial charge is 0.251 e. The molecule has 1 aliphatic heterocycles. The van der Waals surface area contributed by atoms with Gasteiger partial charge in [-0.15, -0.1) is 0 Å². The maximum absolute atomic E-state index is 12.4. The third kappa shape index (κ3) is 3.39. The van der Waals surface area contributed by atoms with Crippen LogP contribution in [0.4, 0.5) is 0 Å². The second kappa shape index (κ2) is 6.60. The van der Waals surface area contributed by atoms with E-state index in [0.29, 0.717) is 42.6 Å². The lowest BCUT2D eigenvalue weighted by molar-refractivity contribution is 0.0934. The van der Waals surface area contributed by atoms with Gasteiger partial charge in [0.25, 0.3) is 5.91 Å². The number of nitrogens with one attached hydrogen (secondary N) is 1. The molecule has 2 aromatic rings. The molecule has 122 valence electrons. The van der Waals surface area contributed by atoms with E-state index in [9.17, 15) is 4.79 Å². The molecule has 7 nitrogen and oxygen atoms in total. The maximum Gasteiger partial charge on any atom is 0.251 e. The molecule has 1 aromatic heterocycles. The van der Waals surface area contributed by atoms with Crippen LogP contribution in [0.1, 0.15) is 17.3 Å². The van der Waals surface area contributed by atoms with E-state index in [2.05, 4.69) is 10.3 Å². The van der Waals surface area contributed by atoms with E-state index < -0.39 is 0 Å². The Labute approximate surface area is 134 Å². The van der Waals surface area contributed by atoms with Crippen LogP contribution in [0.25, 0.3) is 0 Å². The Balaban J connectivity index is 1.74. The summed E-state index contributed by atoms with van der Waals surface area (Å²) in [7, 11) is 1.54. The molecule has 3 rings (SSSR count). The zero-order valence-electron chi connectivity index (χ0n) is 13.1. The lowest BCUT2D eigenvalue weighted by Gasteiger charge is -2.22. The van der Waals surface area contributed by atoms with E-state index in [1.54, 1.807) is 24.7 Å². The van der Waals surface area contributed by atoms with Crippen LogP contribution in [0.15, 0.2) is 30.9 Å². The first-order valence-electron chi connectivity index (χ1n) is 7.41. The highest BCUT2D eigenvalue weighted by Crippen LogP contribution is 2.40. The molecule has 0 aliphatic carbocycles. The fourth-order valence-corrected chi connectivity index (χ4v) is 2.47. The van der Waals surface area contributed by atoms with Gasteiger partial charge in [0.15, 0.2) is 11.5 Å². The number of aromatic nitrogens is 2. The highest BCUT2D eigenvalue weighted by molar-refractivity contribution is 5.95. The number of benzene rings is 1. The molecule has 1 N–H and O–H groups in total. The summed E-state index contributed by atoms with van der Waals surface area (Å²) in [4.78, 5) is 16.4. The van der Waals surface area contributed by atoms with Crippen molar-refractivity contribution in [2.24, 2.45) is 0 Å². The first-order valence-corrected chi connectivity index (χ1v) is 7.41. The number of methoxy groups -OCH3 is 1. The number of hydrogen-bond donors (Lipinski definition) is 1. The third-order valence-corrected chi connectivity index (χ3v) is 3.51. The first kappa shape index (κ1) is 15.2. The molecule has 0 saturated carbocycles. The van der Waals surface area contributed by atoms with Crippen molar-refractivity contribution in [1.29, 1.82) is 0 Å². The summed E-state index contributed by atoms with van der Waals surface area (Å²) in [6.45, 7) is 3.51. The van der Waals surface area contributed by atoms with Crippen molar-refractivity contribution in [1.82, 2.24) is 14.9 Å². The van der Waals surface area contributed by atoms with Gasteiger partial charge in [-0.25, -0.2) is 4.98 Å². The minimum atomic E-state index is -0.187. The number of fused-ring (bicyclic) bond motifs is 1. The number of rotatable bonds is 5. The summed E-state index contributed by atoms with van der Waals surface area (Å²) in [5.41, 5.74) is 0.476. The molecule has 1 aliphatic rings. The van der Waals surface area contributed by atoms with Crippen LogP contribution in [0.5, 0.6) is 17.2 Å². The number of nitrogens with zero attached hydrogens (tertiary/aromatic N) is 2. The average molecular weight is 317 g/mol. The molecule has 7 heteroatoms. The number of carbonyl (C=O) groups is 1. The van der Waals surface area contributed by atoms with Crippen LogP contribution in [0.2, 0.25) is 0 Å². The molecule has 1 aromatic carbocycles. The van der Waals surface area contributed by atoms with Gasteiger partial charge in [0, 0.05) is 30.5 Å². The maximum atomic E-state index is 12.4. The Bertz CT molecular complexity index is 668. The fraction of sp³-hybridized carbons (Fsp3) is 0.375. The van der Waals surface area contributed by atoms with Crippen molar-refractivity contribution in [2.45, 2.75) is 19.5 Å². The van der Waals surface area contributed by atoms with E-state index in [0.717, 1.165) is 0 Å². The third-order valence-electron chi connectivity index (χ3n) is 3.51. The zero-order valence-corrected chi connectivity index (χ0v) is 13.1. The van der Waals surface area contributed by atoms with Gasteiger partial charge in [-0.1, -0.05) is 0 Å². The van der Waals surface area contributed by atoms with Crippen LogP contribution >= 0.6 is 0 Å². The Morgan fingerprint density at radius 3 is 3.00 bits per heavy atom. The van der Waals surface area contributed by atoms with Gasteiger partial charge in [-0.05, 0) is 19.1 Å². The molecule has 2 heterocycles. The van der Waals surface area contributed by atoms with Gasteiger partial charge < -0.3 is 24.1 Å². The molecule has 23 heavy (non-hydrogen) atoms. The second-order valence-corrected chi connectivity index (χ2v) is 5.34. The quantitative estimate of drug-likeness (QED) is 0.904. The van der Waals surface area contributed by atoms with Crippen molar-refractivity contribution in [3.8, 4) is 17.2 Å². The predicted octanol–water partition coefficient (Wildman–Crippen LogP) is 1.48. The summed E-state index contributed by atoms with van der Waals surface area (Å²) >= 11 is 0. The molecular formula is C16H19N3O4. The van der Waals surface area contributed by atoms with E-state index in [1.165, 1.54) is 7.11 Å². The van der Waals surface area contributed by atoms with Crippen LogP contribution in [-0.2, 0) is 6.54 Å². The zero-order chi connectivity index (χ0) is 16.2. The van der Waals surface area contributed by atoms with E-state index >= 15 is 0 Å². The average Bonchev–Trinajstić information content (AvgIpc) is 3.06. The number of hydrogen-bond acceptors (Lipinski definition) is 5. The molecule has 0 saturated heterocycles. The van der Waals surface area contributed by atoms with Crippen LogP contribution < -0.4 is 19.5 Å². The topological polar surface area (TPSA) is 74.6 Å². The van der Waals surface area contributed by atoms with Gasteiger partial charge in [0.05, 0.1) is 13.4 Å². The van der Waals surface area contributed by atoms with Gasteiger partial charge in [0.2, 0.25) is 5.75 Å². The second-order valence-electron chi connectivity index (χ2n) is 5.34. The molecular weight excluding hydrogens is 298 g/mol. The van der Waals surface area contributed by atoms with Crippen molar-refractivity contribution in [3.63, 3.8) is 0 Å². The lowest BCUT2D eigenvalue weighted by Crippen LogP contribution is -2.35. The molecule has 0 radical (unpaired) electrons. The Kier molecular flexibility index (Phi) is 4.36. The summed E-state index contributed by atoms with van der Waals surface area (Å²) in [6.07, 6.45) is 5.28. The molecule has 1 atom stereocenters. The minimum Gasteiger partial charge on any atom is -0.493 e. The highest BCUT2D eigenvalue weighted by Gasteiger charge is 2.21.